The molecule has 1 aromatic heterocycles. The van der Waals surface area contributed by atoms with E-state index in [9.17, 15) is 0 Å². The number of pyridine rings is 1. The third-order valence-electron chi connectivity index (χ3n) is 2.08. The lowest BCUT2D eigenvalue weighted by Crippen LogP contribution is -2.22. The highest BCUT2D eigenvalue weighted by Gasteiger charge is 2.00. The van der Waals surface area contributed by atoms with Crippen molar-refractivity contribution in [1.29, 1.82) is 5.26 Å². The molecule has 1 aromatic rings. The molecule has 1 heterocycles. The normalized spacial score (nSPS) is 9.67. The van der Waals surface area contributed by atoms with Crippen LogP contribution in [0.25, 0.3) is 0 Å². The quantitative estimate of drug-likeness (QED) is 0.682. The van der Waals surface area contributed by atoms with Gasteiger partial charge in [0.05, 0.1) is 18.5 Å². The largest absolute Gasteiger partial charge is 0.380 e. The molecule has 15 heavy (non-hydrogen) atoms. The molecular weight excluding hydrogens is 190 g/mol. The van der Waals surface area contributed by atoms with Gasteiger partial charge >= 0.3 is 0 Å². The molecule has 0 unspecified atom stereocenters. The van der Waals surface area contributed by atoms with Crippen molar-refractivity contribution in [1.82, 2.24) is 4.98 Å². The maximum atomic E-state index is 8.59. The summed E-state index contributed by atoms with van der Waals surface area (Å²) in [6.45, 7) is 4.23. The number of hydrogen-bond acceptors (Lipinski definition) is 4. The number of anilines is 1. The first-order chi connectivity index (χ1) is 7.27. The van der Waals surface area contributed by atoms with Crippen LogP contribution < -0.4 is 4.90 Å². The van der Waals surface area contributed by atoms with E-state index in [1.807, 2.05) is 31.0 Å². The first-order valence-electron chi connectivity index (χ1n) is 4.93. The number of aromatic nitrogens is 1. The average molecular weight is 205 g/mol. The van der Waals surface area contributed by atoms with Crippen molar-refractivity contribution >= 4 is 5.69 Å². The van der Waals surface area contributed by atoms with Crippen LogP contribution in [0.2, 0.25) is 0 Å². The van der Waals surface area contributed by atoms with Crippen molar-refractivity contribution in [2.45, 2.75) is 6.92 Å². The molecule has 0 amide bonds. The van der Waals surface area contributed by atoms with E-state index in [4.69, 9.17) is 10.00 Å². The SMILES string of the molecule is CCOCCN(C)c1ccc(C#N)nc1. The molecule has 0 fully saturated rings. The molecule has 0 bridgehead atoms. The van der Waals surface area contributed by atoms with Crippen LogP contribution in [0.5, 0.6) is 0 Å². The average Bonchev–Trinajstić information content (AvgIpc) is 2.29. The van der Waals surface area contributed by atoms with Crippen LogP contribution in [0.3, 0.4) is 0 Å². The molecule has 0 aliphatic rings. The summed E-state index contributed by atoms with van der Waals surface area (Å²) >= 11 is 0. The molecule has 0 aliphatic heterocycles. The number of ether oxygens (including phenoxy) is 1. The summed E-state index contributed by atoms with van der Waals surface area (Å²) < 4.78 is 5.26. The Labute approximate surface area is 90.1 Å². The fourth-order valence-corrected chi connectivity index (χ4v) is 1.15. The number of nitrogens with zero attached hydrogens (tertiary/aromatic N) is 3. The van der Waals surface area contributed by atoms with Gasteiger partial charge in [-0.15, -0.1) is 0 Å². The van der Waals surface area contributed by atoms with Gasteiger partial charge in [0.25, 0.3) is 0 Å². The van der Waals surface area contributed by atoms with E-state index in [0.717, 1.165) is 18.8 Å². The first-order valence-corrected chi connectivity index (χ1v) is 4.93. The summed E-state index contributed by atoms with van der Waals surface area (Å²) in [4.78, 5) is 6.05. The Bertz CT molecular complexity index is 329. The maximum Gasteiger partial charge on any atom is 0.140 e. The first kappa shape index (κ1) is 11.5. The van der Waals surface area contributed by atoms with Crippen LogP contribution in [-0.2, 0) is 4.74 Å². The topological polar surface area (TPSA) is 49.1 Å². The van der Waals surface area contributed by atoms with Crippen LogP contribution >= 0.6 is 0 Å². The zero-order chi connectivity index (χ0) is 11.1. The van der Waals surface area contributed by atoms with Gasteiger partial charge in [0, 0.05) is 20.2 Å². The van der Waals surface area contributed by atoms with E-state index >= 15 is 0 Å². The highest BCUT2D eigenvalue weighted by Crippen LogP contribution is 2.10. The molecule has 0 saturated heterocycles. The number of likely N-dealkylation sites (N-methyl/N-ethyl adjacent to an activating group) is 1. The molecule has 0 saturated carbocycles. The number of nitriles is 1. The monoisotopic (exact) mass is 205 g/mol. The molecule has 0 aliphatic carbocycles. The van der Waals surface area contributed by atoms with Crippen molar-refractivity contribution in [2.75, 3.05) is 31.7 Å². The van der Waals surface area contributed by atoms with Crippen molar-refractivity contribution in [3.63, 3.8) is 0 Å². The van der Waals surface area contributed by atoms with E-state index < -0.39 is 0 Å². The van der Waals surface area contributed by atoms with Gasteiger partial charge in [-0.3, -0.25) is 0 Å². The molecule has 0 atom stereocenters. The highest BCUT2D eigenvalue weighted by molar-refractivity contribution is 5.44. The second-order valence-electron chi connectivity index (χ2n) is 3.13. The van der Waals surface area contributed by atoms with Crippen molar-refractivity contribution < 1.29 is 4.74 Å². The van der Waals surface area contributed by atoms with Crippen molar-refractivity contribution in [3.8, 4) is 6.07 Å². The highest BCUT2D eigenvalue weighted by atomic mass is 16.5. The molecule has 4 heteroatoms. The second kappa shape index (κ2) is 5.99. The third-order valence-corrected chi connectivity index (χ3v) is 2.08. The maximum absolute atomic E-state index is 8.59. The second-order valence-corrected chi connectivity index (χ2v) is 3.13. The van der Waals surface area contributed by atoms with E-state index in [0.29, 0.717) is 12.3 Å². The zero-order valence-electron chi connectivity index (χ0n) is 9.10. The van der Waals surface area contributed by atoms with Gasteiger partial charge in [-0.2, -0.15) is 5.26 Å². The van der Waals surface area contributed by atoms with E-state index in [-0.39, 0.29) is 0 Å². The van der Waals surface area contributed by atoms with Crippen LogP contribution in [0.15, 0.2) is 18.3 Å². The van der Waals surface area contributed by atoms with Crippen LogP contribution in [0.1, 0.15) is 12.6 Å². The molecule has 4 nitrogen and oxygen atoms in total. The Hall–Kier alpha value is -1.60. The molecule has 0 spiro atoms. The van der Waals surface area contributed by atoms with Gasteiger partial charge in [0.15, 0.2) is 0 Å². The van der Waals surface area contributed by atoms with Gasteiger partial charge in [-0.25, -0.2) is 4.98 Å². The lowest BCUT2D eigenvalue weighted by molar-refractivity contribution is 0.154. The van der Waals surface area contributed by atoms with Crippen LogP contribution in [0, 0.1) is 11.3 Å². The lowest BCUT2D eigenvalue weighted by atomic mass is 10.3. The van der Waals surface area contributed by atoms with Crippen molar-refractivity contribution in [3.05, 3.63) is 24.0 Å². The third kappa shape index (κ3) is 3.56. The Morgan fingerprint density at radius 3 is 2.87 bits per heavy atom. The summed E-state index contributed by atoms with van der Waals surface area (Å²) in [6, 6.07) is 5.59. The molecule has 0 aromatic carbocycles. The minimum atomic E-state index is 0.442. The van der Waals surface area contributed by atoms with Crippen molar-refractivity contribution in [2.24, 2.45) is 0 Å². The van der Waals surface area contributed by atoms with Crippen LogP contribution in [-0.4, -0.2) is 31.8 Å². The fraction of sp³-hybridized carbons (Fsp3) is 0.455. The molecule has 80 valence electrons. The fourth-order valence-electron chi connectivity index (χ4n) is 1.15. The molecule has 0 radical (unpaired) electrons. The molecule has 0 N–H and O–H groups in total. The smallest absolute Gasteiger partial charge is 0.140 e. The van der Waals surface area contributed by atoms with Gasteiger partial charge in [0.2, 0.25) is 0 Å². The van der Waals surface area contributed by atoms with E-state index in [1.54, 1.807) is 12.3 Å². The predicted molar refractivity (Wildman–Crippen MR) is 58.7 cm³/mol. The molecular formula is C11H15N3O. The minimum Gasteiger partial charge on any atom is -0.380 e. The number of rotatable bonds is 5. The van der Waals surface area contributed by atoms with E-state index in [1.165, 1.54) is 0 Å². The van der Waals surface area contributed by atoms with Gasteiger partial charge in [0.1, 0.15) is 11.8 Å². The summed E-state index contributed by atoms with van der Waals surface area (Å²) in [5.74, 6) is 0. The standard InChI is InChI=1S/C11H15N3O/c1-3-15-7-6-14(2)11-5-4-10(8-12)13-9-11/h4-5,9H,3,6-7H2,1-2H3. The lowest BCUT2D eigenvalue weighted by Gasteiger charge is -2.18. The van der Waals surface area contributed by atoms with Gasteiger partial charge in [-0.05, 0) is 19.1 Å². The number of hydrogen-bond donors (Lipinski definition) is 0. The zero-order valence-corrected chi connectivity index (χ0v) is 9.10. The Morgan fingerprint density at radius 2 is 2.33 bits per heavy atom. The predicted octanol–water partition coefficient (Wildman–Crippen LogP) is 1.43. The summed E-state index contributed by atoms with van der Waals surface area (Å²) in [6.07, 6.45) is 1.70. The summed E-state index contributed by atoms with van der Waals surface area (Å²) in [5.41, 5.74) is 1.44. The Balaban J connectivity index is 2.51. The summed E-state index contributed by atoms with van der Waals surface area (Å²) in [7, 11) is 1.97. The Morgan fingerprint density at radius 1 is 1.53 bits per heavy atom. The van der Waals surface area contributed by atoms with Gasteiger partial charge < -0.3 is 9.64 Å². The van der Waals surface area contributed by atoms with Crippen LogP contribution in [0.4, 0.5) is 5.69 Å². The summed E-state index contributed by atoms with van der Waals surface area (Å²) in [5, 5.41) is 8.59. The van der Waals surface area contributed by atoms with Gasteiger partial charge in [-0.1, -0.05) is 0 Å². The minimum absolute atomic E-state index is 0.442. The Kier molecular flexibility index (Phi) is 4.58. The van der Waals surface area contributed by atoms with E-state index in [2.05, 4.69) is 4.98 Å². The molecule has 1 rings (SSSR count).